The molecule has 0 radical (unpaired) electrons. The molecule has 0 bridgehead atoms. The molecule has 0 saturated carbocycles. The Kier molecular flexibility index (Phi) is 2.72. The molecule has 0 saturated heterocycles. The molecular weight excluding hydrogens is 168 g/mol. The third kappa shape index (κ3) is 2.06. The molecule has 0 aromatic carbocycles. The Bertz CT molecular complexity index is 337. The van der Waals surface area contributed by atoms with Crippen LogP contribution in [-0.4, -0.2) is 0 Å². The van der Waals surface area contributed by atoms with Crippen molar-refractivity contribution in [3.8, 4) is 0 Å². The first-order valence-corrected chi connectivity index (χ1v) is 5.47. The van der Waals surface area contributed by atoms with Crippen LogP contribution in [0.3, 0.4) is 0 Å². The second-order valence-electron chi connectivity index (χ2n) is 4.43. The van der Waals surface area contributed by atoms with Gasteiger partial charge in [-0.05, 0) is 32.1 Å². The van der Waals surface area contributed by atoms with Crippen LogP contribution in [0.5, 0.6) is 0 Å². The monoisotopic (exact) mass is 186 g/mol. The second-order valence-corrected chi connectivity index (χ2v) is 4.43. The van der Waals surface area contributed by atoms with Gasteiger partial charge in [0.1, 0.15) is 0 Å². The Morgan fingerprint density at radius 3 is 2.79 bits per heavy atom. The first kappa shape index (κ1) is 9.51. The van der Waals surface area contributed by atoms with Gasteiger partial charge in [0.25, 0.3) is 0 Å². The van der Waals surface area contributed by atoms with Gasteiger partial charge in [-0.25, -0.2) is 0 Å². The van der Waals surface area contributed by atoms with Crippen molar-refractivity contribution in [3.63, 3.8) is 0 Å². The van der Waals surface area contributed by atoms with Gasteiger partial charge in [-0.2, -0.15) is 0 Å². The van der Waals surface area contributed by atoms with Crippen molar-refractivity contribution in [2.45, 2.75) is 33.1 Å². The van der Waals surface area contributed by atoms with Crippen LogP contribution >= 0.6 is 0 Å². The molecule has 1 unspecified atom stereocenters. The van der Waals surface area contributed by atoms with Crippen molar-refractivity contribution < 1.29 is 0 Å². The van der Waals surface area contributed by atoms with Crippen LogP contribution < -0.4 is 0 Å². The maximum Gasteiger partial charge on any atom is -0.0130 e. The van der Waals surface area contributed by atoms with Gasteiger partial charge in [0, 0.05) is 0 Å². The number of rotatable bonds is 3. The highest BCUT2D eigenvalue weighted by molar-refractivity contribution is 5.33. The van der Waals surface area contributed by atoms with Crippen molar-refractivity contribution in [2.24, 2.45) is 5.92 Å². The number of allylic oxidation sites excluding steroid dienone is 8. The molecule has 74 valence electrons. The van der Waals surface area contributed by atoms with Gasteiger partial charge >= 0.3 is 0 Å². The predicted octanol–water partition coefficient (Wildman–Crippen LogP) is 4.18. The lowest BCUT2D eigenvalue weighted by Crippen LogP contribution is -1.98. The molecule has 0 nitrogen and oxygen atoms in total. The molecule has 0 heteroatoms. The Labute approximate surface area is 86.7 Å². The fourth-order valence-electron chi connectivity index (χ4n) is 2.23. The van der Waals surface area contributed by atoms with Gasteiger partial charge in [0.15, 0.2) is 0 Å². The molecular formula is C14H18. The zero-order valence-electron chi connectivity index (χ0n) is 9.09. The van der Waals surface area contributed by atoms with Crippen LogP contribution in [0.2, 0.25) is 0 Å². The lowest BCUT2D eigenvalue weighted by Gasteiger charge is -2.13. The molecule has 0 aromatic rings. The molecule has 2 rings (SSSR count). The van der Waals surface area contributed by atoms with Crippen molar-refractivity contribution >= 4 is 0 Å². The summed E-state index contributed by atoms with van der Waals surface area (Å²) in [5.74, 6) is 0.718. The molecule has 2 aliphatic carbocycles. The first-order valence-electron chi connectivity index (χ1n) is 5.47. The molecule has 0 heterocycles. The minimum Gasteiger partial charge on any atom is -0.0805 e. The highest BCUT2D eigenvalue weighted by Gasteiger charge is 2.13. The first-order chi connectivity index (χ1) is 6.75. The SMILES string of the molecule is CC1=CCC(CC(C)C2=CC=CC2)=C1. The van der Waals surface area contributed by atoms with Gasteiger partial charge in [-0.1, -0.05) is 54.0 Å². The molecule has 1 atom stereocenters. The van der Waals surface area contributed by atoms with Crippen LogP contribution in [0.25, 0.3) is 0 Å². The van der Waals surface area contributed by atoms with Gasteiger partial charge in [0.05, 0.1) is 0 Å². The van der Waals surface area contributed by atoms with E-state index in [0.29, 0.717) is 0 Å². The molecule has 0 N–H and O–H groups in total. The summed E-state index contributed by atoms with van der Waals surface area (Å²) >= 11 is 0. The molecule has 0 amide bonds. The van der Waals surface area contributed by atoms with E-state index >= 15 is 0 Å². The van der Waals surface area contributed by atoms with E-state index in [1.54, 1.807) is 11.1 Å². The fourth-order valence-corrected chi connectivity index (χ4v) is 2.23. The highest BCUT2D eigenvalue weighted by atomic mass is 14.2. The van der Waals surface area contributed by atoms with Crippen LogP contribution in [0, 0.1) is 5.92 Å². The predicted molar refractivity (Wildman–Crippen MR) is 62.1 cm³/mol. The normalized spacial score (nSPS) is 22.0. The maximum absolute atomic E-state index is 2.35. The van der Waals surface area contributed by atoms with Crippen LogP contribution in [0.4, 0.5) is 0 Å². The average molecular weight is 186 g/mol. The van der Waals surface area contributed by atoms with Crippen molar-refractivity contribution in [1.29, 1.82) is 0 Å². The quantitative estimate of drug-likeness (QED) is 0.620. The molecule has 0 fully saturated rings. The Balaban J connectivity index is 1.90. The lowest BCUT2D eigenvalue weighted by atomic mass is 9.92. The molecule has 14 heavy (non-hydrogen) atoms. The van der Waals surface area contributed by atoms with Gasteiger partial charge in [-0.15, -0.1) is 0 Å². The summed E-state index contributed by atoms with van der Waals surface area (Å²) in [7, 11) is 0. The summed E-state index contributed by atoms with van der Waals surface area (Å²) in [4.78, 5) is 0. The molecule has 2 aliphatic rings. The lowest BCUT2D eigenvalue weighted by molar-refractivity contribution is 0.656. The number of hydrogen-bond acceptors (Lipinski definition) is 0. The van der Waals surface area contributed by atoms with Crippen molar-refractivity contribution in [2.75, 3.05) is 0 Å². The van der Waals surface area contributed by atoms with E-state index in [4.69, 9.17) is 0 Å². The topological polar surface area (TPSA) is 0 Å². The average Bonchev–Trinajstić information content (AvgIpc) is 2.75. The Morgan fingerprint density at radius 1 is 1.36 bits per heavy atom. The summed E-state index contributed by atoms with van der Waals surface area (Å²) in [5.41, 5.74) is 4.63. The summed E-state index contributed by atoms with van der Waals surface area (Å²) in [6, 6.07) is 0. The van der Waals surface area contributed by atoms with E-state index in [0.717, 1.165) is 5.92 Å². The fraction of sp³-hybridized carbons (Fsp3) is 0.429. The van der Waals surface area contributed by atoms with E-state index in [1.807, 2.05) is 0 Å². The largest absolute Gasteiger partial charge is 0.0805 e. The van der Waals surface area contributed by atoms with E-state index in [9.17, 15) is 0 Å². The number of hydrogen-bond donors (Lipinski definition) is 0. The van der Waals surface area contributed by atoms with Gasteiger partial charge < -0.3 is 0 Å². The van der Waals surface area contributed by atoms with Gasteiger partial charge in [-0.3, -0.25) is 0 Å². The molecule has 0 aliphatic heterocycles. The third-order valence-corrected chi connectivity index (χ3v) is 3.12. The molecule has 0 spiro atoms. The van der Waals surface area contributed by atoms with Crippen LogP contribution in [-0.2, 0) is 0 Å². The van der Waals surface area contributed by atoms with E-state index < -0.39 is 0 Å². The van der Waals surface area contributed by atoms with Crippen molar-refractivity contribution in [3.05, 3.63) is 47.1 Å². The van der Waals surface area contributed by atoms with Crippen LogP contribution in [0.1, 0.15) is 33.1 Å². The Hall–Kier alpha value is -1.04. The summed E-state index contributed by atoms with van der Waals surface area (Å²) in [5, 5.41) is 0. The summed E-state index contributed by atoms with van der Waals surface area (Å²) in [6.45, 7) is 4.53. The standard InChI is InChI=1S/C14H18/c1-11-7-8-13(9-11)10-12(2)14-5-3-4-6-14/h3-5,7,9,12H,6,8,10H2,1-2H3. The summed E-state index contributed by atoms with van der Waals surface area (Å²) < 4.78 is 0. The zero-order chi connectivity index (χ0) is 9.97. The van der Waals surface area contributed by atoms with Crippen LogP contribution in [0.15, 0.2) is 47.1 Å². The summed E-state index contributed by atoms with van der Waals surface area (Å²) in [6.07, 6.45) is 15.0. The smallest absolute Gasteiger partial charge is 0.0130 e. The zero-order valence-corrected chi connectivity index (χ0v) is 9.09. The van der Waals surface area contributed by atoms with E-state index in [-0.39, 0.29) is 0 Å². The Morgan fingerprint density at radius 2 is 2.21 bits per heavy atom. The van der Waals surface area contributed by atoms with E-state index in [1.165, 1.54) is 24.8 Å². The second kappa shape index (κ2) is 4.00. The maximum atomic E-state index is 2.35. The minimum atomic E-state index is 0.718. The van der Waals surface area contributed by atoms with E-state index in [2.05, 4.69) is 44.2 Å². The minimum absolute atomic E-state index is 0.718. The highest BCUT2D eigenvalue weighted by Crippen LogP contribution is 2.29. The third-order valence-electron chi connectivity index (χ3n) is 3.12. The van der Waals surface area contributed by atoms with Crippen molar-refractivity contribution in [1.82, 2.24) is 0 Å². The molecule has 0 aromatic heterocycles. The van der Waals surface area contributed by atoms with Gasteiger partial charge in [0.2, 0.25) is 0 Å².